The van der Waals surface area contributed by atoms with Crippen molar-refractivity contribution in [2.75, 3.05) is 57.7 Å². The Labute approximate surface area is 256 Å². The number of imidazole rings is 1. The summed E-state index contributed by atoms with van der Waals surface area (Å²) in [5.41, 5.74) is 1.87. The van der Waals surface area contributed by atoms with Crippen LogP contribution in [0, 0.1) is 11.8 Å². The monoisotopic (exact) mass is 612 g/mol. The van der Waals surface area contributed by atoms with E-state index in [0.717, 1.165) is 106 Å². The molecule has 2 aromatic carbocycles. The van der Waals surface area contributed by atoms with E-state index in [9.17, 15) is 23.1 Å². The first-order chi connectivity index (χ1) is 21.3. The van der Waals surface area contributed by atoms with Gasteiger partial charge in [-0.25, -0.2) is 4.98 Å². The van der Waals surface area contributed by atoms with Crippen LogP contribution >= 0.6 is 0 Å². The molecule has 3 fully saturated rings. The summed E-state index contributed by atoms with van der Waals surface area (Å²) in [4.78, 5) is 23.1. The Morgan fingerprint density at radius 2 is 1.66 bits per heavy atom. The number of anilines is 1. The quantitative estimate of drug-likeness (QED) is 0.327. The summed E-state index contributed by atoms with van der Waals surface area (Å²) in [6, 6.07) is 10.8. The van der Waals surface area contributed by atoms with Crippen molar-refractivity contribution in [3.8, 4) is 0 Å². The number of piperazine rings is 1. The topological polar surface area (TPSA) is 85.7 Å². The molecule has 1 amide bonds. The normalized spacial score (nSPS) is 22.8. The molecular formula is C33H43F3N6O2. The minimum Gasteiger partial charge on any atom is -0.396 e. The van der Waals surface area contributed by atoms with E-state index in [-0.39, 0.29) is 24.1 Å². The van der Waals surface area contributed by atoms with Gasteiger partial charge in [-0.2, -0.15) is 13.2 Å². The summed E-state index contributed by atoms with van der Waals surface area (Å²) >= 11 is 0. The zero-order chi connectivity index (χ0) is 30.7. The Kier molecular flexibility index (Phi) is 9.56. The maximum absolute atomic E-state index is 13.3. The first kappa shape index (κ1) is 31.0. The lowest BCUT2D eigenvalue weighted by atomic mass is 9.86. The van der Waals surface area contributed by atoms with Gasteiger partial charge in [0.25, 0.3) is 5.91 Å². The molecule has 0 spiro atoms. The van der Waals surface area contributed by atoms with Crippen molar-refractivity contribution in [3.63, 3.8) is 0 Å². The number of alkyl halides is 3. The van der Waals surface area contributed by atoms with Crippen LogP contribution in [-0.4, -0.2) is 82.8 Å². The number of aromatic nitrogens is 2. The van der Waals surface area contributed by atoms with E-state index < -0.39 is 17.6 Å². The van der Waals surface area contributed by atoms with Gasteiger partial charge in [-0.1, -0.05) is 12.1 Å². The van der Waals surface area contributed by atoms with Crippen molar-refractivity contribution in [1.29, 1.82) is 0 Å². The Morgan fingerprint density at radius 3 is 2.36 bits per heavy atom. The van der Waals surface area contributed by atoms with Crippen LogP contribution in [0.15, 0.2) is 42.5 Å². The minimum absolute atomic E-state index is 0.0672. The maximum Gasteiger partial charge on any atom is 0.416 e. The van der Waals surface area contributed by atoms with Crippen LogP contribution < -0.4 is 10.6 Å². The highest BCUT2D eigenvalue weighted by atomic mass is 19.4. The van der Waals surface area contributed by atoms with Crippen molar-refractivity contribution in [2.45, 2.75) is 57.3 Å². The third-order valence-corrected chi connectivity index (χ3v) is 9.72. The number of halogens is 3. The molecule has 3 aliphatic rings. The summed E-state index contributed by atoms with van der Waals surface area (Å²) < 4.78 is 42.0. The van der Waals surface area contributed by atoms with Gasteiger partial charge in [0.1, 0.15) is 0 Å². The summed E-state index contributed by atoms with van der Waals surface area (Å²) in [6.07, 6.45) is 1.37. The molecule has 8 nitrogen and oxygen atoms in total. The third kappa shape index (κ3) is 7.28. The molecule has 1 aromatic heterocycles. The number of hydrogen-bond donors (Lipinski definition) is 3. The first-order valence-electron chi connectivity index (χ1n) is 16.0. The van der Waals surface area contributed by atoms with Gasteiger partial charge in [-0.15, -0.1) is 0 Å². The number of hydrogen-bond acceptors (Lipinski definition) is 6. The molecule has 3 N–H and O–H groups in total. The number of nitrogens with zero attached hydrogens (tertiary/aromatic N) is 4. The van der Waals surface area contributed by atoms with Gasteiger partial charge in [0.2, 0.25) is 5.95 Å². The second-order valence-corrected chi connectivity index (χ2v) is 12.8. The molecule has 0 atom stereocenters. The zero-order valence-corrected chi connectivity index (χ0v) is 25.2. The first-order valence-corrected chi connectivity index (χ1v) is 16.0. The van der Waals surface area contributed by atoms with Crippen molar-refractivity contribution in [3.05, 3.63) is 59.2 Å². The molecule has 0 bridgehead atoms. The number of carbonyl (C=O) groups excluding carboxylic acids is 1. The van der Waals surface area contributed by atoms with Gasteiger partial charge < -0.3 is 19.9 Å². The predicted molar refractivity (Wildman–Crippen MR) is 165 cm³/mol. The van der Waals surface area contributed by atoms with Crippen molar-refractivity contribution < 1.29 is 23.1 Å². The van der Waals surface area contributed by atoms with E-state index in [4.69, 9.17) is 4.98 Å². The number of carbonyl (C=O) groups is 1. The van der Waals surface area contributed by atoms with Crippen LogP contribution in [0.3, 0.4) is 0 Å². The van der Waals surface area contributed by atoms with E-state index in [0.29, 0.717) is 5.95 Å². The Balaban J connectivity index is 1.18. The molecule has 11 heteroatoms. The van der Waals surface area contributed by atoms with E-state index in [1.54, 1.807) is 0 Å². The minimum atomic E-state index is -4.54. The van der Waals surface area contributed by atoms with Gasteiger partial charge >= 0.3 is 6.18 Å². The Bertz CT molecular complexity index is 1420. The highest BCUT2D eigenvalue weighted by molar-refractivity contribution is 6.04. The number of rotatable bonds is 8. The number of nitrogens with one attached hydrogen (secondary N) is 2. The lowest BCUT2D eigenvalue weighted by Gasteiger charge is -2.37. The number of aliphatic hydroxyl groups is 1. The van der Waals surface area contributed by atoms with Crippen LogP contribution in [0.5, 0.6) is 0 Å². The van der Waals surface area contributed by atoms with Crippen molar-refractivity contribution in [1.82, 2.24) is 24.7 Å². The van der Waals surface area contributed by atoms with Gasteiger partial charge in [-0.3, -0.25) is 15.0 Å². The van der Waals surface area contributed by atoms with Crippen LogP contribution in [0.25, 0.3) is 11.0 Å². The van der Waals surface area contributed by atoms with Gasteiger partial charge in [-0.05, 0) is 99.3 Å². The molecule has 44 heavy (non-hydrogen) atoms. The SMILES string of the molecule is O=C(Nc1nc2cc(CN3CCN(CC4CCNCC4)CC3)ccc2n1[C@H]1CC[C@@H](CO)CC1)c1cccc(C(F)(F)F)c1. The van der Waals surface area contributed by atoms with Crippen LogP contribution in [0.1, 0.15) is 66.1 Å². The zero-order valence-electron chi connectivity index (χ0n) is 25.2. The summed E-state index contributed by atoms with van der Waals surface area (Å²) in [5.74, 6) is 0.774. The fraction of sp³-hybridized carbons (Fsp3) is 0.576. The number of piperidine rings is 1. The number of benzene rings is 2. The lowest BCUT2D eigenvalue weighted by Crippen LogP contribution is -2.48. The lowest BCUT2D eigenvalue weighted by molar-refractivity contribution is -0.137. The van der Waals surface area contributed by atoms with Crippen LogP contribution in [0.4, 0.5) is 19.1 Å². The number of fused-ring (bicyclic) bond motifs is 1. The largest absolute Gasteiger partial charge is 0.416 e. The fourth-order valence-corrected chi connectivity index (χ4v) is 7.11. The molecule has 0 unspecified atom stereocenters. The third-order valence-electron chi connectivity index (χ3n) is 9.72. The van der Waals surface area contributed by atoms with E-state index in [2.05, 4.69) is 38.6 Å². The van der Waals surface area contributed by atoms with Crippen molar-refractivity contribution in [2.24, 2.45) is 11.8 Å². The Morgan fingerprint density at radius 1 is 0.932 bits per heavy atom. The predicted octanol–water partition coefficient (Wildman–Crippen LogP) is 5.15. The molecule has 1 saturated carbocycles. The summed E-state index contributed by atoms with van der Waals surface area (Å²) in [6.45, 7) is 8.60. The molecule has 3 aromatic rings. The average molecular weight is 613 g/mol. The van der Waals surface area contributed by atoms with Crippen molar-refractivity contribution >= 4 is 22.9 Å². The molecule has 2 saturated heterocycles. The van der Waals surface area contributed by atoms with Gasteiger partial charge in [0.15, 0.2) is 0 Å². The highest BCUT2D eigenvalue weighted by Crippen LogP contribution is 2.37. The second kappa shape index (κ2) is 13.6. The molecule has 6 rings (SSSR count). The molecular weight excluding hydrogens is 569 g/mol. The smallest absolute Gasteiger partial charge is 0.396 e. The standard InChI is InChI=1S/C33H43F3N6O2/c34-33(35,36)27-3-1-2-26(19-27)31(44)39-32-38-29-18-25(6-9-30(29)42(32)28-7-4-24(22-43)5-8-28)21-41-16-14-40(15-17-41)20-23-10-12-37-13-11-23/h1-3,6,9,18-19,23-24,28,37,43H,4-5,7-8,10-17,20-22H2,(H,38,39,44)/t24-,28+. The molecule has 1 aliphatic carbocycles. The van der Waals surface area contributed by atoms with Crippen LogP contribution in [-0.2, 0) is 12.7 Å². The van der Waals surface area contributed by atoms with Crippen LogP contribution in [0.2, 0.25) is 0 Å². The highest BCUT2D eigenvalue weighted by Gasteiger charge is 2.32. The maximum atomic E-state index is 13.3. The summed E-state index contributed by atoms with van der Waals surface area (Å²) in [7, 11) is 0. The average Bonchev–Trinajstić information content (AvgIpc) is 3.39. The molecule has 3 heterocycles. The van der Waals surface area contributed by atoms with E-state index in [1.807, 2.05) is 4.57 Å². The van der Waals surface area contributed by atoms with E-state index in [1.165, 1.54) is 31.5 Å². The van der Waals surface area contributed by atoms with Gasteiger partial charge in [0, 0.05) is 57.5 Å². The molecule has 238 valence electrons. The molecule has 2 aliphatic heterocycles. The second-order valence-electron chi connectivity index (χ2n) is 12.8. The fourth-order valence-electron chi connectivity index (χ4n) is 7.11. The number of aliphatic hydroxyl groups excluding tert-OH is 1. The molecule has 0 radical (unpaired) electrons. The van der Waals surface area contributed by atoms with E-state index >= 15 is 0 Å². The van der Waals surface area contributed by atoms with Gasteiger partial charge in [0.05, 0.1) is 16.6 Å². The Hall–Kier alpha value is -2.99. The summed E-state index contributed by atoms with van der Waals surface area (Å²) in [5, 5.41) is 15.9. The number of amides is 1.